The number of hydrogen-bond donors (Lipinski definition) is 0. The molecule has 0 aliphatic rings. The van der Waals surface area contributed by atoms with E-state index >= 15 is 0 Å². The Kier molecular flexibility index (Phi) is 4.50. The largest absolute Gasteiger partial charge is 0.336 e. The Bertz CT molecular complexity index is 1680. The zero-order valence-corrected chi connectivity index (χ0v) is 18.9. The summed E-state index contributed by atoms with van der Waals surface area (Å²) in [6.45, 7) is 4.92. The first-order valence-corrected chi connectivity index (χ1v) is 9.85. The van der Waals surface area contributed by atoms with Crippen LogP contribution in [0.25, 0.3) is 28.0 Å². The fourth-order valence-electron chi connectivity index (χ4n) is 4.15. The fourth-order valence-corrected chi connectivity index (χ4v) is 4.15. The van der Waals surface area contributed by atoms with E-state index in [9.17, 15) is 19.2 Å². The van der Waals surface area contributed by atoms with Crippen LogP contribution in [0.5, 0.6) is 0 Å². The van der Waals surface area contributed by atoms with Gasteiger partial charge in [-0.1, -0.05) is 0 Å². The number of rotatable bonds is 3. The maximum Gasteiger partial charge on any atom is 0.336 e. The standard InChI is InChI=1S/C20H24N8O4/c1-11(27-16(29)12-14(21-9-23(12)4)25(6)18(27)31)8-20(2,3)28-17(30)13-15(22-10-24(13)5)26(7)19(28)32/h8-10H,1-7H3/b11-8-. The molecule has 0 amide bonds. The summed E-state index contributed by atoms with van der Waals surface area (Å²) in [6, 6.07) is 0. The van der Waals surface area contributed by atoms with Gasteiger partial charge in [0.05, 0.1) is 18.2 Å². The monoisotopic (exact) mass is 440 g/mol. The van der Waals surface area contributed by atoms with Crippen molar-refractivity contribution in [1.82, 2.24) is 37.4 Å². The van der Waals surface area contributed by atoms with Crippen LogP contribution in [-0.4, -0.2) is 37.4 Å². The molecular weight excluding hydrogens is 416 g/mol. The van der Waals surface area contributed by atoms with Gasteiger partial charge in [-0.05, 0) is 26.8 Å². The SMILES string of the molecule is C/C(=C/C(C)(C)n1c(=O)c2c(ncn2C)n(C)c1=O)n1c(=O)c2c(ncn2C)n(C)c1=O. The number of hydrogen-bond acceptors (Lipinski definition) is 6. The first-order valence-electron chi connectivity index (χ1n) is 9.85. The topological polar surface area (TPSA) is 124 Å². The molecule has 0 spiro atoms. The summed E-state index contributed by atoms with van der Waals surface area (Å²) in [7, 11) is 6.41. The summed E-state index contributed by atoms with van der Waals surface area (Å²) in [5.74, 6) is 0. The smallest absolute Gasteiger partial charge is 0.328 e. The predicted molar refractivity (Wildman–Crippen MR) is 120 cm³/mol. The van der Waals surface area contributed by atoms with E-state index in [2.05, 4.69) is 9.97 Å². The van der Waals surface area contributed by atoms with Crippen molar-refractivity contribution in [2.24, 2.45) is 28.2 Å². The van der Waals surface area contributed by atoms with Crippen LogP contribution < -0.4 is 22.5 Å². The molecule has 0 aliphatic carbocycles. The third kappa shape index (κ3) is 2.75. The molecule has 0 atom stereocenters. The summed E-state index contributed by atoms with van der Waals surface area (Å²) in [4.78, 5) is 60.6. The summed E-state index contributed by atoms with van der Waals surface area (Å²) in [6.07, 6.45) is 4.49. The van der Waals surface area contributed by atoms with Crippen molar-refractivity contribution in [3.8, 4) is 0 Å². The lowest BCUT2D eigenvalue weighted by molar-refractivity contribution is 0.411. The summed E-state index contributed by atoms with van der Waals surface area (Å²) in [5.41, 5.74) is -1.97. The highest BCUT2D eigenvalue weighted by Gasteiger charge is 2.27. The van der Waals surface area contributed by atoms with Gasteiger partial charge in [0.15, 0.2) is 22.3 Å². The minimum absolute atomic E-state index is 0.266. The molecule has 32 heavy (non-hydrogen) atoms. The molecule has 0 aliphatic heterocycles. The van der Waals surface area contributed by atoms with Crippen molar-refractivity contribution in [3.05, 3.63) is 60.4 Å². The van der Waals surface area contributed by atoms with E-state index < -0.39 is 28.0 Å². The lowest BCUT2D eigenvalue weighted by atomic mass is 10.0. The molecule has 4 aromatic rings. The zero-order valence-electron chi connectivity index (χ0n) is 18.9. The molecule has 4 aromatic heterocycles. The Balaban J connectivity index is 2.02. The molecule has 0 radical (unpaired) electrons. The second-order valence-corrected chi connectivity index (χ2v) is 8.46. The highest BCUT2D eigenvalue weighted by molar-refractivity contribution is 5.71. The lowest BCUT2D eigenvalue weighted by Crippen LogP contribution is -2.48. The average molecular weight is 440 g/mol. The quantitative estimate of drug-likeness (QED) is 0.422. The van der Waals surface area contributed by atoms with Gasteiger partial charge in [0.25, 0.3) is 11.1 Å². The van der Waals surface area contributed by atoms with Gasteiger partial charge >= 0.3 is 11.4 Å². The van der Waals surface area contributed by atoms with Gasteiger partial charge in [0.1, 0.15) is 0 Å². The number of allylic oxidation sites excluding steroid dienone is 2. The molecular formula is C20H24N8O4. The first kappa shape index (κ1) is 21.3. The Hall–Kier alpha value is -3.96. The normalized spacial score (nSPS) is 12.9. The molecule has 12 heteroatoms. The number of fused-ring (bicyclic) bond motifs is 2. The minimum Gasteiger partial charge on any atom is -0.328 e. The van der Waals surface area contributed by atoms with Gasteiger partial charge in [0.2, 0.25) is 0 Å². The van der Waals surface area contributed by atoms with E-state index in [1.165, 1.54) is 35.9 Å². The maximum absolute atomic E-state index is 13.2. The Morgan fingerprint density at radius 1 is 0.812 bits per heavy atom. The summed E-state index contributed by atoms with van der Waals surface area (Å²) >= 11 is 0. The second-order valence-electron chi connectivity index (χ2n) is 8.46. The second kappa shape index (κ2) is 6.77. The van der Waals surface area contributed by atoms with Crippen LogP contribution in [0.3, 0.4) is 0 Å². The molecule has 168 valence electrons. The minimum atomic E-state index is -1.17. The van der Waals surface area contributed by atoms with E-state index in [1.54, 1.807) is 50.1 Å². The van der Waals surface area contributed by atoms with Crippen LogP contribution in [0.15, 0.2) is 37.9 Å². The van der Waals surface area contributed by atoms with Crippen molar-refractivity contribution in [1.29, 1.82) is 0 Å². The van der Waals surface area contributed by atoms with Crippen LogP contribution in [0.4, 0.5) is 0 Å². The summed E-state index contributed by atoms with van der Waals surface area (Å²) in [5, 5.41) is 0. The first-order chi connectivity index (χ1) is 14.9. The molecule has 0 fully saturated rings. The highest BCUT2D eigenvalue weighted by Crippen LogP contribution is 2.18. The zero-order chi connectivity index (χ0) is 23.7. The highest BCUT2D eigenvalue weighted by atomic mass is 16.2. The third-order valence-corrected chi connectivity index (χ3v) is 5.73. The van der Waals surface area contributed by atoms with Gasteiger partial charge in [-0.15, -0.1) is 0 Å². The fraction of sp³-hybridized carbons (Fsp3) is 0.400. The van der Waals surface area contributed by atoms with E-state index in [1.807, 2.05) is 0 Å². The Labute approximate surface area is 180 Å². The molecule has 0 N–H and O–H groups in total. The molecule has 0 saturated carbocycles. The van der Waals surface area contributed by atoms with Gasteiger partial charge < -0.3 is 9.13 Å². The van der Waals surface area contributed by atoms with E-state index in [-0.39, 0.29) is 28.0 Å². The lowest BCUT2D eigenvalue weighted by Gasteiger charge is -2.25. The van der Waals surface area contributed by atoms with Gasteiger partial charge in [-0.2, -0.15) is 0 Å². The molecule has 0 unspecified atom stereocenters. The maximum atomic E-state index is 13.2. The van der Waals surface area contributed by atoms with Gasteiger partial charge in [-0.25, -0.2) is 28.7 Å². The Morgan fingerprint density at radius 3 is 1.81 bits per heavy atom. The summed E-state index contributed by atoms with van der Waals surface area (Å²) < 4.78 is 7.80. The molecule has 4 rings (SSSR count). The van der Waals surface area contributed by atoms with Crippen LogP contribution in [0, 0.1) is 0 Å². The number of imidazole rings is 2. The molecule has 12 nitrogen and oxygen atoms in total. The van der Waals surface area contributed by atoms with Crippen molar-refractivity contribution in [2.45, 2.75) is 26.3 Å². The molecule has 0 saturated heterocycles. The third-order valence-electron chi connectivity index (χ3n) is 5.73. The van der Waals surface area contributed by atoms with Crippen molar-refractivity contribution in [2.75, 3.05) is 0 Å². The van der Waals surface area contributed by atoms with E-state index in [0.29, 0.717) is 0 Å². The van der Waals surface area contributed by atoms with E-state index in [4.69, 9.17) is 0 Å². The van der Waals surface area contributed by atoms with Crippen molar-refractivity contribution >= 4 is 28.0 Å². The van der Waals surface area contributed by atoms with Crippen LogP contribution in [0.1, 0.15) is 20.8 Å². The van der Waals surface area contributed by atoms with Crippen molar-refractivity contribution in [3.63, 3.8) is 0 Å². The average Bonchev–Trinajstić information content (AvgIpc) is 3.27. The molecule has 0 bridgehead atoms. The number of nitrogens with zero attached hydrogens (tertiary/aromatic N) is 8. The number of aryl methyl sites for hydroxylation is 4. The van der Waals surface area contributed by atoms with Gasteiger partial charge in [0, 0.05) is 33.9 Å². The molecule has 0 aromatic carbocycles. The van der Waals surface area contributed by atoms with E-state index in [0.717, 1.165) is 9.13 Å². The van der Waals surface area contributed by atoms with Crippen LogP contribution in [-0.2, 0) is 33.7 Å². The van der Waals surface area contributed by atoms with Crippen LogP contribution >= 0.6 is 0 Å². The van der Waals surface area contributed by atoms with Crippen molar-refractivity contribution < 1.29 is 0 Å². The molecule has 4 heterocycles. The van der Waals surface area contributed by atoms with Crippen LogP contribution in [0.2, 0.25) is 0 Å². The number of aromatic nitrogens is 8. The van der Waals surface area contributed by atoms with Gasteiger partial charge in [-0.3, -0.25) is 18.7 Å². The predicted octanol–water partition coefficient (Wildman–Crippen LogP) is -0.523. The Morgan fingerprint density at radius 2 is 1.28 bits per heavy atom.